The summed E-state index contributed by atoms with van der Waals surface area (Å²) in [6.45, 7) is 6.03. The van der Waals surface area contributed by atoms with Crippen molar-refractivity contribution in [1.29, 1.82) is 0 Å². The molecule has 0 atom stereocenters. The first-order valence-electron chi connectivity index (χ1n) is 13.4. The van der Waals surface area contributed by atoms with E-state index in [0.29, 0.717) is 34.8 Å². The third kappa shape index (κ3) is 6.76. The highest BCUT2D eigenvalue weighted by molar-refractivity contribution is 5.95. The Morgan fingerprint density at radius 3 is 2.61 bits per heavy atom. The summed E-state index contributed by atoms with van der Waals surface area (Å²) in [7, 11) is 0. The van der Waals surface area contributed by atoms with E-state index in [0.717, 1.165) is 51.8 Å². The monoisotopic (exact) mass is 566 g/mol. The fraction of sp³-hybridized carbons (Fsp3) is 0.357. The van der Waals surface area contributed by atoms with Gasteiger partial charge in [-0.05, 0) is 30.7 Å². The molecule has 41 heavy (non-hydrogen) atoms. The number of piperazine rings is 1. The number of primary amides is 1. The quantitative estimate of drug-likeness (QED) is 0.249. The Balaban J connectivity index is 1.34. The Kier molecular flexibility index (Phi) is 8.97. The summed E-state index contributed by atoms with van der Waals surface area (Å²) < 4.78 is 36.7. The van der Waals surface area contributed by atoms with Gasteiger partial charge in [-0.3, -0.25) is 19.3 Å². The summed E-state index contributed by atoms with van der Waals surface area (Å²) in [4.78, 5) is 26.3. The van der Waals surface area contributed by atoms with Crippen LogP contribution in [-0.4, -0.2) is 93.0 Å². The number of hydrogen-bond donors (Lipinski definition) is 2. The zero-order valence-electron chi connectivity index (χ0n) is 22.5. The first-order chi connectivity index (χ1) is 19.9. The van der Waals surface area contributed by atoms with Crippen LogP contribution in [0.1, 0.15) is 6.42 Å². The third-order valence-electron chi connectivity index (χ3n) is 6.94. The van der Waals surface area contributed by atoms with Gasteiger partial charge >= 0.3 is 0 Å². The number of carbonyl (C=O) groups excluding carboxylic acids is 1. The number of aromatic nitrogens is 4. The number of benzene rings is 2. The molecular formula is C28H32F2N8O3. The topological polar surface area (TPSA) is 126 Å². The van der Waals surface area contributed by atoms with Crippen LogP contribution in [0.2, 0.25) is 0 Å². The van der Waals surface area contributed by atoms with E-state index < -0.39 is 17.5 Å². The zero-order valence-corrected chi connectivity index (χ0v) is 22.5. The molecule has 11 nitrogen and oxygen atoms in total. The van der Waals surface area contributed by atoms with E-state index in [-0.39, 0.29) is 18.8 Å². The largest absolute Gasteiger partial charge is 0.493 e. The Hall–Kier alpha value is -4.20. The molecule has 2 aromatic carbocycles. The van der Waals surface area contributed by atoms with Gasteiger partial charge in [-0.1, -0.05) is 6.07 Å². The number of nitrogens with zero attached hydrogens (tertiary/aromatic N) is 7. The minimum atomic E-state index is -1.06. The average molecular weight is 567 g/mol. The number of anilines is 3. The van der Waals surface area contributed by atoms with Gasteiger partial charge in [-0.2, -0.15) is 5.10 Å². The molecule has 0 saturated carbocycles. The molecule has 0 aliphatic carbocycles. The molecule has 1 fully saturated rings. The molecule has 1 aliphatic heterocycles. The highest BCUT2D eigenvalue weighted by Gasteiger charge is 2.23. The van der Waals surface area contributed by atoms with Gasteiger partial charge in [0.25, 0.3) is 0 Å². The molecule has 0 unspecified atom stereocenters. The van der Waals surface area contributed by atoms with Crippen molar-refractivity contribution in [3.8, 4) is 5.75 Å². The molecular weight excluding hydrogens is 534 g/mol. The number of aliphatic hydroxyl groups is 1. The van der Waals surface area contributed by atoms with E-state index in [1.807, 2.05) is 0 Å². The summed E-state index contributed by atoms with van der Waals surface area (Å²) in [6.07, 6.45) is 5.13. The maximum absolute atomic E-state index is 15.1. The lowest BCUT2D eigenvalue weighted by Gasteiger charge is -2.34. The highest BCUT2D eigenvalue weighted by Crippen LogP contribution is 2.39. The molecule has 4 aromatic rings. The van der Waals surface area contributed by atoms with E-state index in [1.54, 1.807) is 18.2 Å². The van der Waals surface area contributed by atoms with Crippen LogP contribution in [-0.2, 0) is 11.3 Å². The molecule has 0 spiro atoms. The molecule has 13 heteroatoms. The number of fused-ring (bicyclic) bond motifs is 1. The summed E-state index contributed by atoms with van der Waals surface area (Å²) in [5.74, 6) is -1.74. The average Bonchev–Trinajstić information content (AvgIpc) is 3.41. The Bertz CT molecular complexity index is 1490. The van der Waals surface area contributed by atoms with Crippen molar-refractivity contribution in [2.75, 3.05) is 57.4 Å². The number of ether oxygens (including phenoxy) is 1. The summed E-state index contributed by atoms with van der Waals surface area (Å²) >= 11 is 0. The fourth-order valence-corrected chi connectivity index (χ4v) is 4.90. The van der Waals surface area contributed by atoms with E-state index >= 15 is 4.39 Å². The molecule has 0 bridgehead atoms. The SMILES string of the molecule is NC(=O)Cn1cc(N(c2cccc(F)c2F)c2ncnc3cc(OCCCN4CCN(CCO)CC4)ccc23)cn1. The van der Waals surface area contributed by atoms with Crippen molar-refractivity contribution in [3.05, 3.63) is 66.8 Å². The lowest BCUT2D eigenvalue weighted by atomic mass is 10.2. The molecule has 1 saturated heterocycles. The zero-order chi connectivity index (χ0) is 28.8. The van der Waals surface area contributed by atoms with E-state index in [9.17, 15) is 9.18 Å². The molecule has 0 radical (unpaired) electrons. The number of β-amino-alcohol motifs (C(OH)–C–C–N with tert-alkyl or cyclic N) is 1. The van der Waals surface area contributed by atoms with Gasteiger partial charge in [0.1, 0.15) is 24.4 Å². The first-order valence-corrected chi connectivity index (χ1v) is 13.4. The molecule has 1 amide bonds. The minimum absolute atomic E-state index is 0.0823. The second kappa shape index (κ2) is 13.0. The lowest BCUT2D eigenvalue weighted by Crippen LogP contribution is -2.47. The fourth-order valence-electron chi connectivity index (χ4n) is 4.90. The van der Waals surface area contributed by atoms with Crippen LogP contribution < -0.4 is 15.4 Å². The number of rotatable bonds is 12. The second-order valence-corrected chi connectivity index (χ2v) is 9.76. The van der Waals surface area contributed by atoms with Crippen LogP contribution in [0.3, 0.4) is 0 Å². The highest BCUT2D eigenvalue weighted by atomic mass is 19.2. The van der Waals surface area contributed by atoms with Gasteiger partial charge in [0, 0.05) is 56.9 Å². The Morgan fingerprint density at radius 2 is 1.85 bits per heavy atom. The second-order valence-electron chi connectivity index (χ2n) is 9.76. The Labute approximate surface area is 235 Å². The number of carbonyl (C=O) groups is 1. The van der Waals surface area contributed by atoms with Crippen molar-refractivity contribution in [2.45, 2.75) is 13.0 Å². The maximum Gasteiger partial charge on any atom is 0.239 e. The molecule has 2 aromatic heterocycles. The number of aliphatic hydroxyl groups excluding tert-OH is 1. The normalized spacial score (nSPS) is 14.4. The van der Waals surface area contributed by atoms with Gasteiger partial charge in [-0.15, -0.1) is 0 Å². The van der Waals surface area contributed by atoms with Crippen LogP contribution in [0.25, 0.3) is 10.9 Å². The summed E-state index contributed by atoms with van der Waals surface area (Å²) in [5, 5.41) is 13.8. The summed E-state index contributed by atoms with van der Waals surface area (Å²) in [5.41, 5.74) is 6.12. The summed E-state index contributed by atoms with van der Waals surface area (Å²) in [6, 6.07) is 9.22. The van der Waals surface area contributed by atoms with Gasteiger partial charge < -0.3 is 20.5 Å². The molecule has 5 rings (SSSR count). The van der Waals surface area contributed by atoms with Crippen LogP contribution >= 0.6 is 0 Å². The van der Waals surface area contributed by atoms with Gasteiger partial charge in [-0.25, -0.2) is 18.7 Å². The smallest absolute Gasteiger partial charge is 0.239 e. The van der Waals surface area contributed by atoms with Crippen LogP contribution in [0.5, 0.6) is 5.75 Å². The molecule has 3 N–H and O–H groups in total. The Morgan fingerprint density at radius 1 is 1.07 bits per heavy atom. The third-order valence-corrected chi connectivity index (χ3v) is 6.94. The van der Waals surface area contributed by atoms with Crippen LogP contribution in [0.4, 0.5) is 26.0 Å². The molecule has 3 heterocycles. The van der Waals surface area contributed by atoms with Crippen LogP contribution in [0.15, 0.2) is 55.1 Å². The van der Waals surface area contributed by atoms with Crippen molar-refractivity contribution in [3.63, 3.8) is 0 Å². The lowest BCUT2D eigenvalue weighted by molar-refractivity contribution is -0.118. The number of amides is 1. The minimum Gasteiger partial charge on any atom is -0.493 e. The van der Waals surface area contributed by atoms with E-state index in [4.69, 9.17) is 15.6 Å². The van der Waals surface area contributed by atoms with Gasteiger partial charge in [0.2, 0.25) is 5.91 Å². The van der Waals surface area contributed by atoms with E-state index in [2.05, 4.69) is 24.9 Å². The van der Waals surface area contributed by atoms with Crippen molar-refractivity contribution < 1.29 is 23.4 Å². The van der Waals surface area contributed by atoms with Crippen molar-refractivity contribution in [1.82, 2.24) is 29.5 Å². The van der Waals surface area contributed by atoms with Gasteiger partial charge in [0.15, 0.2) is 11.6 Å². The molecule has 216 valence electrons. The van der Waals surface area contributed by atoms with Crippen molar-refractivity contribution >= 4 is 34.0 Å². The standard InChI is InChI=1S/C28H32F2N8O3/c29-23-3-1-4-25(27(23)30)38(20-16-34-37(17-20)18-26(31)40)28-22-6-5-21(15-24(22)32-19-33-28)41-14-2-7-35-8-10-36(11-9-35)12-13-39/h1,3-6,15-17,19,39H,2,7-14,18H2,(H2,31,40). The predicted octanol–water partition coefficient (Wildman–Crippen LogP) is 2.44. The van der Waals surface area contributed by atoms with Crippen molar-refractivity contribution in [2.24, 2.45) is 5.73 Å². The molecule has 1 aliphatic rings. The number of halogens is 2. The number of hydrogen-bond acceptors (Lipinski definition) is 9. The number of nitrogens with two attached hydrogens (primary N) is 1. The van der Waals surface area contributed by atoms with E-state index in [1.165, 1.54) is 40.4 Å². The predicted molar refractivity (Wildman–Crippen MR) is 149 cm³/mol. The van der Waals surface area contributed by atoms with Crippen LogP contribution in [0, 0.1) is 11.6 Å². The maximum atomic E-state index is 15.1. The first kappa shape index (κ1) is 28.3. The van der Waals surface area contributed by atoms with Gasteiger partial charge in [0.05, 0.1) is 36.3 Å².